The van der Waals surface area contributed by atoms with Gasteiger partial charge in [0.15, 0.2) is 0 Å². The van der Waals surface area contributed by atoms with E-state index in [1.54, 1.807) is 0 Å². The minimum Gasteiger partial charge on any atom is -0.381 e. The van der Waals surface area contributed by atoms with E-state index in [0.29, 0.717) is 6.04 Å². The smallest absolute Gasteiger partial charge is 0.131 e. The van der Waals surface area contributed by atoms with Crippen LogP contribution >= 0.6 is 0 Å². The highest BCUT2D eigenvalue weighted by molar-refractivity contribution is 5.47. The average Bonchev–Trinajstić information content (AvgIpc) is 2.45. The summed E-state index contributed by atoms with van der Waals surface area (Å²) < 4.78 is 5.42. The molecule has 0 amide bonds. The van der Waals surface area contributed by atoms with Gasteiger partial charge in [-0.15, -0.1) is 0 Å². The van der Waals surface area contributed by atoms with Crippen LogP contribution in [-0.2, 0) is 11.3 Å². The first-order valence-electron chi connectivity index (χ1n) is 7.19. The van der Waals surface area contributed by atoms with Gasteiger partial charge in [0.2, 0.25) is 0 Å². The zero-order valence-electron chi connectivity index (χ0n) is 12.3. The molecule has 1 N–H and O–H groups in total. The van der Waals surface area contributed by atoms with Crippen LogP contribution in [0.1, 0.15) is 30.9 Å². The number of hydrogen-bond donors (Lipinski definition) is 1. The Kier molecular flexibility index (Phi) is 5.16. The fourth-order valence-corrected chi connectivity index (χ4v) is 2.61. The number of anilines is 1. The zero-order valence-corrected chi connectivity index (χ0v) is 12.3. The van der Waals surface area contributed by atoms with Crippen molar-refractivity contribution in [2.75, 3.05) is 31.7 Å². The number of nitrogens with zero attached hydrogens (tertiary/aromatic N) is 2. The quantitative estimate of drug-likeness (QED) is 0.883. The number of aryl methyl sites for hydroxylation is 1. The van der Waals surface area contributed by atoms with Crippen LogP contribution in [0.4, 0.5) is 5.82 Å². The standard InChI is InChI=1S/C15H25N3O/c1-4-16-10-13-9-12(2)15(17-11-13)18(3)14-5-7-19-8-6-14/h9,11,14,16H,4-8,10H2,1-3H3. The molecular formula is C15H25N3O. The van der Waals surface area contributed by atoms with Crippen molar-refractivity contribution in [3.8, 4) is 0 Å². The summed E-state index contributed by atoms with van der Waals surface area (Å²) in [6.07, 6.45) is 4.17. The summed E-state index contributed by atoms with van der Waals surface area (Å²) >= 11 is 0. The van der Waals surface area contributed by atoms with Crippen molar-refractivity contribution in [1.82, 2.24) is 10.3 Å². The third-order valence-corrected chi connectivity index (χ3v) is 3.76. The Labute approximate surface area is 116 Å². The van der Waals surface area contributed by atoms with Gasteiger partial charge >= 0.3 is 0 Å². The maximum absolute atomic E-state index is 5.42. The summed E-state index contributed by atoms with van der Waals surface area (Å²) in [4.78, 5) is 6.97. The van der Waals surface area contributed by atoms with Crippen LogP contribution in [0.2, 0.25) is 0 Å². The molecule has 0 radical (unpaired) electrons. The molecule has 4 nitrogen and oxygen atoms in total. The summed E-state index contributed by atoms with van der Waals surface area (Å²) in [5, 5.41) is 3.33. The second-order valence-corrected chi connectivity index (χ2v) is 5.22. The molecule has 1 aliphatic heterocycles. The molecule has 0 unspecified atom stereocenters. The second kappa shape index (κ2) is 6.87. The Morgan fingerprint density at radius 1 is 1.42 bits per heavy atom. The number of ether oxygens (including phenoxy) is 1. The molecular weight excluding hydrogens is 238 g/mol. The molecule has 106 valence electrons. The van der Waals surface area contributed by atoms with E-state index in [2.05, 4.69) is 42.2 Å². The maximum atomic E-state index is 5.42. The monoisotopic (exact) mass is 263 g/mol. The number of rotatable bonds is 5. The van der Waals surface area contributed by atoms with Crippen LogP contribution in [0.25, 0.3) is 0 Å². The summed E-state index contributed by atoms with van der Waals surface area (Å²) in [5.74, 6) is 1.10. The molecule has 0 bridgehead atoms. The van der Waals surface area contributed by atoms with Crippen molar-refractivity contribution in [2.24, 2.45) is 0 Å². The molecule has 1 aliphatic rings. The average molecular weight is 263 g/mol. The molecule has 1 fully saturated rings. The van der Waals surface area contributed by atoms with Gasteiger partial charge in [-0.1, -0.05) is 6.92 Å². The van der Waals surface area contributed by atoms with E-state index in [1.165, 1.54) is 11.1 Å². The lowest BCUT2D eigenvalue weighted by molar-refractivity contribution is 0.0853. The van der Waals surface area contributed by atoms with Crippen LogP contribution in [-0.4, -0.2) is 37.8 Å². The summed E-state index contributed by atoms with van der Waals surface area (Å²) in [6.45, 7) is 7.88. The van der Waals surface area contributed by atoms with Crippen molar-refractivity contribution in [1.29, 1.82) is 0 Å². The summed E-state index contributed by atoms with van der Waals surface area (Å²) in [6, 6.07) is 2.79. The lowest BCUT2D eigenvalue weighted by Gasteiger charge is -2.33. The highest BCUT2D eigenvalue weighted by Gasteiger charge is 2.20. The first-order valence-corrected chi connectivity index (χ1v) is 7.19. The zero-order chi connectivity index (χ0) is 13.7. The van der Waals surface area contributed by atoms with Gasteiger partial charge in [-0.3, -0.25) is 0 Å². The van der Waals surface area contributed by atoms with E-state index in [-0.39, 0.29) is 0 Å². The Hall–Kier alpha value is -1.13. The third-order valence-electron chi connectivity index (χ3n) is 3.76. The van der Waals surface area contributed by atoms with Crippen LogP contribution in [0.3, 0.4) is 0 Å². The highest BCUT2D eigenvalue weighted by atomic mass is 16.5. The van der Waals surface area contributed by atoms with Gasteiger partial charge in [-0.25, -0.2) is 4.98 Å². The molecule has 0 spiro atoms. The minimum atomic E-state index is 0.555. The number of nitrogens with one attached hydrogen (secondary N) is 1. The van der Waals surface area contributed by atoms with E-state index in [4.69, 9.17) is 4.74 Å². The lowest BCUT2D eigenvalue weighted by atomic mass is 10.1. The van der Waals surface area contributed by atoms with Crippen LogP contribution < -0.4 is 10.2 Å². The van der Waals surface area contributed by atoms with Crippen LogP contribution in [0.15, 0.2) is 12.3 Å². The molecule has 0 aromatic carbocycles. The molecule has 0 aliphatic carbocycles. The molecule has 2 rings (SSSR count). The lowest BCUT2D eigenvalue weighted by Crippen LogP contribution is -2.37. The Morgan fingerprint density at radius 2 is 2.16 bits per heavy atom. The topological polar surface area (TPSA) is 37.4 Å². The van der Waals surface area contributed by atoms with E-state index in [0.717, 1.165) is 45.0 Å². The first-order chi connectivity index (χ1) is 9.22. The molecule has 1 saturated heterocycles. The maximum Gasteiger partial charge on any atom is 0.131 e. The van der Waals surface area contributed by atoms with Crippen LogP contribution in [0, 0.1) is 6.92 Å². The first kappa shape index (κ1) is 14.3. The van der Waals surface area contributed by atoms with Gasteiger partial charge in [0.1, 0.15) is 5.82 Å². The number of aromatic nitrogens is 1. The summed E-state index contributed by atoms with van der Waals surface area (Å²) in [5.41, 5.74) is 2.51. The van der Waals surface area contributed by atoms with Crippen molar-refractivity contribution < 1.29 is 4.74 Å². The SMILES string of the molecule is CCNCc1cnc(N(C)C2CCOCC2)c(C)c1. The fourth-order valence-electron chi connectivity index (χ4n) is 2.61. The van der Waals surface area contributed by atoms with Gasteiger partial charge in [-0.2, -0.15) is 0 Å². The Balaban J connectivity index is 2.06. The van der Waals surface area contributed by atoms with Crippen molar-refractivity contribution in [2.45, 2.75) is 39.3 Å². The predicted octanol–water partition coefficient (Wildman–Crippen LogP) is 2.11. The highest BCUT2D eigenvalue weighted by Crippen LogP contribution is 2.23. The van der Waals surface area contributed by atoms with Crippen molar-refractivity contribution in [3.05, 3.63) is 23.4 Å². The third kappa shape index (κ3) is 3.67. The second-order valence-electron chi connectivity index (χ2n) is 5.22. The number of hydrogen-bond acceptors (Lipinski definition) is 4. The molecule has 19 heavy (non-hydrogen) atoms. The van der Waals surface area contributed by atoms with Gasteiger partial charge in [0.05, 0.1) is 0 Å². The molecule has 2 heterocycles. The van der Waals surface area contributed by atoms with E-state index >= 15 is 0 Å². The van der Waals surface area contributed by atoms with Gasteiger partial charge in [-0.05, 0) is 43.5 Å². The van der Waals surface area contributed by atoms with Crippen molar-refractivity contribution in [3.63, 3.8) is 0 Å². The Morgan fingerprint density at radius 3 is 2.79 bits per heavy atom. The van der Waals surface area contributed by atoms with E-state index < -0.39 is 0 Å². The molecule has 0 atom stereocenters. The van der Waals surface area contributed by atoms with E-state index in [1.807, 2.05) is 6.20 Å². The molecule has 0 saturated carbocycles. The van der Waals surface area contributed by atoms with Gasteiger partial charge in [0.25, 0.3) is 0 Å². The van der Waals surface area contributed by atoms with E-state index in [9.17, 15) is 0 Å². The normalized spacial score (nSPS) is 16.6. The minimum absolute atomic E-state index is 0.555. The molecule has 1 aromatic rings. The summed E-state index contributed by atoms with van der Waals surface area (Å²) in [7, 11) is 2.15. The Bertz CT molecular complexity index is 402. The predicted molar refractivity (Wildman–Crippen MR) is 78.6 cm³/mol. The van der Waals surface area contributed by atoms with Crippen LogP contribution in [0.5, 0.6) is 0 Å². The van der Waals surface area contributed by atoms with Gasteiger partial charge < -0.3 is 15.0 Å². The van der Waals surface area contributed by atoms with Crippen molar-refractivity contribution >= 4 is 5.82 Å². The molecule has 4 heteroatoms. The fraction of sp³-hybridized carbons (Fsp3) is 0.667. The number of pyridine rings is 1. The van der Waals surface area contributed by atoms with Gasteiger partial charge in [0, 0.05) is 39.0 Å². The molecule has 1 aromatic heterocycles. The largest absolute Gasteiger partial charge is 0.381 e.